The molecule has 0 bridgehead atoms. The number of hydrogen-bond acceptors (Lipinski definition) is 4. The molecule has 2 aliphatic rings. The standard InChI is InChI=1S/C21H22N2O4/c24-20(22-17-7-8-18-19(14-17)27-12-11-26-18)15-5-4-6-16(13-15)21(25)23-9-2-1-3-10-23/h4-8,13-14H,1-3,9-12H2,(H,22,24). The van der Waals surface area contributed by atoms with E-state index in [2.05, 4.69) is 5.32 Å². The number of ether oxygens (including phenoxy) is 2. The lowest BCUT2D eigenvalue weighted by atomic mass is 10.1. The smallest absolute Gasteiger partial charge is 0.255 e. The first kappa shape index (κ1) is 17.4. The van der Waals surface area contributed by atoms with Gasteiger partial charge in [-0.25, -0.2) is 0 Å². The highest BCUT2D eigenvalue weighted by Gasteiger charge is 2.19. The third kappa shape index (κ3) is 3.89. The Bertz CT molecular complexity index is 859. The number of likely N-dealkylation sites (tertiary alicyclic amines) is 1. The van der Waals surface area contributed by atoms with E-state index in [1.54, 1.807) is 42.5 Å². The Balaban J connectivity index is 1.48. The summed E-state index contributed by atoms with van der Waals surface area (Å²) in [6.07, 6.45) is 3.24. The molecule has 0 saturated carbocycles. The third-order valence-corrected chi connectivity index (χ3v) is 4.82. The van der Waals surface area contributed by atoms with Crippen molar-refractivity contribution in [2.75, 3.05) is 31.6 Å². The van der Waals surface area contributed by atoms with Crippen LogP contribution in [-0.4, -0.2) is 43.0 Å². The van der Waals surface area contributed by atoms with E-state index in [4.69, 9.17) is 9.47 Å². The van der Waals surface area contributed by atoms with Crippen LogP contribution in [0.3, 0.4) is 0 Å². The van der Waals surface area contributed by atoms with Crippen LogP contribution in [0.5, 0.6) is 11.5 Å². The van der Waals surface area contributed by atoms with E-state index in [-0.39, 0.29) is 11.8 Å². The first-order valence-corrected chi connectivity index (χ1v) is 9.31. The van der Waals surface area contributed by atoms with E-state index in [9.17, 15) is 9.59 Å². The average molecular weight is 366 g/mol. The summed E-state index contributed by atoms with van der Waals surface area (Å²) in [4.78, 5) is 27.1. The van der Waals surface area contributed by atoms with Gasteiger partial charge in [-0.15, -0.1) is 0 Å². The van der Waals surface area contributed by atoms with Gasteiger partial charge in [-0.05, 0) is 49.6 Å². The van der Waals surface area contributed by atoms with E-state index in [1.165, 1.54) is 6.42 Å². The SMILES string of the molecule is O=C(Nc1ccc2c(c1)OCCO2)c1cccc(C(=O)N2CCCCC2)c1. The summed E-state index contributed by atoms with van der Waals surface area (Å²) in [6.45, 7) is 2.58. The van der Waals surface area contributed by atoms with Gasteiger partial charge in [0.15, 0.2) is 11.5 Å². The van der Waals surface area contributed by atoms with Crippen molar-refractivity contribution in [1.29, 1.82) is 0 Å². The molecule has 0 unspecified atom stereocenters. The molecule has 1 saturated heterocycles. The average Bonchev–Trinajstić information content (AvgIpc) is 2.74. The fourth-order valence-electron chi connectivity index (χ4n) is 3.40. The number of fused-ring (bicyclic) bond motifs is 1. The van der Waals surface area contributed by atoms with E-state index in [0.717, 1.165) is 25.9 Å². The summed E-state index contributed by atoms with van der Waals surface area (Å²) < 4.78 is 11.0. The van der Waals surface area contributed by atoms with Gasteiger partial charge in [-0.3, -0.25) is 9.59 Å². The summed E-state index contributed by atoms with van der Waals surface area (Å²) in [7, 11) is 0. The second kappa shape index (κ2) is 7.70. The first-order chi connectivity index (χ1) is 13.2. The number of nitrogens with one attached hydrogen (secondary N) is 1. The third-order valence-electron chi connectivity index (χ3n) is 4.82. The number of amides is 2. The van der Waals surface area contributed by atoms with Gasteiger partial charge in [0.05, 0.1) is 0 Å². The van der Waals surface area contributed by atoms with E-state index >= 15 is 0 Å². The maximum absolute atomic E-state index is 12.7. The van der Waals surface area contributed by atoms with Crippen LogP contribution in [0.4, 0.5) is 5.69 Å². The van der Waals surface area contributed by atoms with Gasteiger partial charge in [0, 0.05) is 36.0 Å². The predicted molar refractivity (Wildman–Crippen MR) is 102 cm³/mol. The molecule has 0 radical (unpaired) electrons. The molecule has 0 aliphatic carbocycles. The van der Waals surface area contributed by atoms with Crippen molar-refractivity contribution >= 4 is 17.5 Å². The highest BCUT2D eigenvalue weighted by Crippen LogP contribution is 2.32. The monoisotopic (exact) mass is 366 g/mol. The van der Waals surface area contributed by atoms with Crippen molar-refractivity contribution in [2.24, 2.45) is 0 Å². The Labute approximate surface area is 158 Å². The summed E-state index contributed by atoms with van der Waals surface area (Å²) in [5.41, 5.74) is 1.62. The normalized spacial score (nSPS) is 15.9. The number of rotatable bonds is 3. The molecule has 1 N–H and O–H groups in total. The van der Waals surface area contributed by atoms with Crippen molar-refractivity contribution < 1.29 is 19.1 Å². The van der Waals surface area contributed by atoms with Crippen LogP contribution >= 0.6 is 0 Å². The molecule has 0 atom stereocenters. The van der Waals surface area contributed by atoms with Gasteiger partial charge >= 0.3 is 0 Å². The molecular weight excluding hydrogens is 344 g/mol. The van der Waals surface area contributed by atoms with Gasteiger partial charge in [-0.2, -0.15) is 0 Å². The number of hydrogen-bond donors (Lipinski definition) is 1. The summed E-state index contributed by atoms with van der Waals surface area (Å²) >= 11 is 0. The summed E-state index contributed by atoms with van der Waals surface area (Å²) in [6, 6.07) is 12.2. The maximum Gasteiger partial charge on any atom is 0.255 e. The number of carbonyl (C=O) groups excluding carboxylic acids is 2. The molecule has 2 amide bonds. The molecule has 6 nitrogen and oxygen atoms in total. The Hall–Kier alpha value is -3.02. The maximum atomic E-state index is 12.7. The number of nitrogens with zero attached hydrogens (tertiary/aromatic N) is 1. The van der Waals surface area contributed by atoms with Crippen molar-refractivity contribution in [3.63, 3.8) is 0 Å². The molecule has 4 rings (SSSR count). The molecule has 6 heteroatoms. The van der Waals surface area contributed by atoms with Gasteiger partial charge in [0.25, 0.3) is 11.8 Å². The molecule has 2 aromatic rings. The second-order valence-electron chi connectivity index (χ2n) is 6.75. The molecule has 2 aliphatic heterocycles. The van der Waals surface area contributed by atoms with Crippen molar-refractivity contribution in [2.45, 2.75) is 19.3 Å². The summed E-state index contributed by atoms with van der Waals surface area (Å²) in [5.74, 6) is 1.02. The Morgan fingerprint density at radius 2 is 1.59 bits per heavy atom. The molecule has 1 fully saturated rings. The van der Waals surface area contributed by atoms with E-state index in [1.807, 2.05) is 4.90 Å². The summed E-state index contributed by atoms with van der Waals surface area (Å²) in [5, 5.41) is 2.85. The lowest BCUT2D eigenvalue weighted by molar-refractivity contribution is 0.0724. The number of piperidine rings is 1. The zero-order valence-electron chi connectivity index (χ0n) is 15.1. The number of carbonyl (C=O) groups is 2. The van der Waals surface area contributed by atoms with Crippen molar-refractivity contribution in [3.8, 4) is 11.5 Å². The fourth-order valence-corrected chi connectivity index (χ4v) is 3.40. The topological polar surface area (TPSA) is 67.9 Å². The largest absolute Gasteiger partial charge is 0.486 e. The van der Waals surface area contributed by atoms with Gasteiger partial charge in [-0.1, -0.05) is 6.07 Å². The van der Waals surface area contributed by atoms with E-state index < -0.39 is 0 Å². The first-order valence-electron chi connectivity index (χ1n) is 9.31. The molecule has 0 aromatic heterocycles. The fraction of sp³-hybridized carbons (Fsp3) is 0.333. The minimum absolute atomic E-state index is 0.0105. The quantitative estimate of drug-likeness (QED) is 0.905. The predicted octanol–water partition coefficient (Wildman–Crippen LogP) is 3.34. The number of anilines is 1. The highest BCUT2D eigenvalue weighted by atomic mass is 16.6. The molecule has 140 valence electrons. The zero-order chi connectivity index (χ0) is 18.6. The van der Waals surface area contributed by atoms with E-state index in [0.29, 0.717) is 41.5 Å². The van der Waals surface area contributed by atoms with Crippen LogP contribution in [0.2, 0.25) is 0 Å². The van der Waals surface area contributed by atoms with Gasteiger partial charge in [0.1, 0.15) is 13.2 Å². The lowest BCUT2D eigenvalue weighted by Gasteiger charge is -2.26. The minimum atomic E-state index is -0.264. The number of benzene rings is 2. The molecule has 2 aromatic carbocycles. The highest BCUT2D eigenvalue weighted by molar-refractivity contribution is 6.06. The van der Waals surface area contributed by atoms with Crippen LogP contribution in [0.1, 0.15) is 40.0 Å². The van der Waals surface area contributed by atoms with Crippen LogP contribution < -0.4 is 14.8 Å². The lowest BCUT2D eigenvalue weighted by Crippen LogP contribution is -2.35. The van der Waals surface area contributed by atoms with Crippen molar-refractivity contribution in [1.82, 2.24) is 4.90 Å². The minimum Gasteiger partial charge on any atom is -0.486 e. The van der Waals surface area contributed by atoms with Crippen LogP contribution in [0, 0.1) is 0 Å². The Morgan fingerprint density at radius 3 is 2.41 bits per heavy atom. The Kier molecular flexibility index (Phi) is 4.96. The van der Waals surface area contributed by atoms with Crippen LogP contribution in [0.25, 0.3) is 0 Å². The molecule has 0 spiro atoms. The van der Waals surface area contributed by atoms with Gasteiger partial charge < -0.3 is 19.7 Å². The molecule has 2 heterocycles. The second-order valence-corrected chi connectivity index (χ2v) is 6.75. The zero-order valence-corrected chi connectivity index (χ0v) is 15.1. The Morgan fingerprint density at radius 1 is 0.852 bits per heavy atom. The van der Waals surface area contributed by atoms with Crippen LogP contribution in [-0.2, 0) is 0 Å². The van der Waals surface area contributed by atoms with Crippen molar-refractivity contribution in [3.05, 3.63) is 53.6 Å². The van der Waals surface area contributed by atoms with Crippen LogP contribution in [0.15, 0.2) is 42.5 Å². The van der Waals surface area contributed by atoms with Gasteiger partial charge in [0.2, 0.25) is 0 Å². The molecule has 27 heavy (non-hydrogen) atoms. The molecular formula is C21H22N2O4.